The lowest BCUT2D eigenvalue weighted by atomic mass is 10.3. The molecule has 1 amide bonds. The van der Waals surface area contributed by atoms with Gasteiger partial charge in [0.15, 0.2) is 5.16 Å². The highest BCUT2D eigenvalue weighted by Crippen LogP contribution is 2.10. The summed E-state index contributed by atoms with van der Waals surface area (Å²) in [6, 6.07) is 7.45. The number of rotatable bonds is 5. The molecule has 2 heterocycles. The molecule has 0 bridgehead atoms. The van der Waals surface area contributed by atoms with Gasteiger partial charge in [-0.2, -0.15) is 5.10 Å². The molecule has 1 aromatic carbocycles. The van der Waals surface area contributed by atoms with Crippen molar-refractivity contribution in [1.29, 1.82) is 0 Å². The molecule has 2 aromatic heterocycles. The Labute approximate surface area is 124 Å². The number of aromatic nitrogens is 5. The Morgan fingerprint density at radius 1 is 1.24 bits per heavy atom. The van der Waals surface area contributed by atoms with Crippen molar-refractivity contribution in [3.05, 3.63) is 42.5 Å². The van der Waals surface area contributed by atoms with E-state index in [1.165, 1.54) is 24.3 Å². The third-order valence-electron chi connectivity index (χ3n) is 2.70. The van der Waals surface area contributed by atoms with Gasteiger partial charge in [-0.1, -0.05) is 23.9 Å². The molecule has 0 saturated heterocycles. The zero-order valence-corrected chi connectivity index (χ0v) is 11.8. The Kier molecular flexibility index (Phi) is 4.06. The van der Waals surface area contributed by atoms with Crippen LogP contribution in [0.3, 0.4) is 0 Å². The first-order valence-corrected chi connectivity index (χ1v) is 7.29. The first-order chi connectivity index (χ1) is 10.3. The largest absolute Gasteiger partial charge is 0.350 e. The number of carbonyl (C=O) groups excluding carboxylic acids is 1. The number of thioether (sulfide) groups is 1. The zero-order valence-electron chi connectivity index (χ0n) is 11.0. The summed E-state index contributed by atoms with van der Waals surface area (Å²) in [5, 5.41) is 10.0. The van der Waals surface area contributed by atoms with Gasteiger partial charge in [-0.3, -0.25) is 14.9 Å². The van der Waals surface area contributed by atoms with Gasteiger partial charge in [-0.05, 0) is 12.1 Å². The molecule has 0 aliphatic carbocycles. The molecule has 3 aromatic rings. The summed E-state index contributed by atoms with van der Waals surface area (Å²) in [6.45, 7) is 0.513. The van der Waals surface area contributed by atoms with Gasteiger partial charge < -0.3 is 5.32 Å². The molecule has 21 heavy (non-hydrogen) atoms. The molecule has 0 spiro atoms. The number of aromatic amines is 1. The highest BCUT2D eigenvalue weighted by molar-refractivity contribution is 7.99. The molecule has 7 nitrogen and oxygen atoms in total. The Morgan fingerprint density at radius 3 is 2.90 bits per heavy atom. The van der Waals surface area contributed by atoms with Crippen LogP contribution in [-0.2, 0) is 0 Å². The van der Waals surface area contributed by atoms with Crippen LogP contribution in [0.4, 0.5) is 0 Å². The molecule has 0 aliphatic rings. The number of nitrogens with one attached hydrogen (secondary N) is 2. The van der Waals surface area contributed by atoms with Gasteiger partial charge in [0.05, 0.1) is 17.2 Å². The topological polar surface area (TPSA) is 96.5 Å². The number of H-pyrrole nitrogens is 1. The number of hydrogen-bond donors (Lipinski definition) is 2. The van der Waals surface area contributed by atoms with E-state index in [4.69, 9.17) is 0 Å². The smallest absolute Gasteiger partial charge is 0.271 e. The van der Waals surface area contributed by atoms with E-state index >= 15 is 0 Å². The van der Waals surface area contributed by atoms with Crippen LogP contribution in [0.15, 0.2) is 41.9 Å². The number of nitrogens with zero attached hydrogens (tertiary/aromatic N) is 4. The van der Waals surface area contributed by atoms with Gasteiger partial charge in [0.2, 0.25) is 0 Å². The van der Waals surface area contributed by atoms with E-state index in [1.807, 2.05) is 24.3 Å². The lowest BCUT2D eigenvalue weighted by Crippen LogP contribution is -2.26. The van der Waals surface area contributed by atoms with E-state index in [9.17, 15) is 4.79 Å². The Bertz CT molecular complexity index is 745. The number of amides is 1. The van der Waals surface area contributed by atoms with E-state index in [-0.39, 0.29) is 5.91 Å². The molecule has 0 unspecified atom stereocenters. The molecule has 0 saturated carbocycles. The van der Waals surface area contributed by atoms with Crippen molar-refractivity contribution in [2.45, 2.75) is 5.16 Å². The maximum absolute atomic E-state index is 12.0. The van der Waals surface area contributed by atoms with Crippen LogP contribution in [0, 0.1) is 0 Å². The second-order valence-corrected chi connectivity index (χ2v) is 5.22. The summed E-state index contributed by atoms with van der Waals surface area (Å²) >= 11 is 1.49. The predicted octanol–water partition coefficient (Wildman–Crippen LogP) is 1.27. The molecule has 0 radical (unpaired) electrons. The molecule has 0 atom stereocenters. The van der Waals surface area contributed by atoms with Crippen molar-refractivity contribution >= 4 is 28.7 Å². The third kappa shape index (κ3) is 3.34. The number of carbonyl (C=O) groups is 1. The van der Waals surface area contributed by atoms with E-state index in [1.54, 1.807) is 0 Å². The van der Waals surface area contributed by atoms with E-state index in [2.05, 4.69) is 30.5 Å². The van der Waals surface area contributed by atoms with E-state index in [0.717, 1.165) is 10.7 Å². The summed E-state index contributed by atoms with van der Waals surface area (Å²) in [5.41, 5.74) is 1.80. The molecule has 2 N–H and O–H groups in total. The fourth-order valence-corrected chi connectivity index (χ4v) is 2.37. The van der Waals surface area contributed by atoms with Gasteiger partial charge in [-0.15, -0.1) is 0 Å². The van der Waals surface area contributed by atoms with Crippen LogP contribution >= 0.6 is 11.8 Å². The average Bonchev–Trinajstić information content (AvgIpc) is 3.04. The van der Waals surface area contributed by atoms with Crippen LogP contribution in [0.1, 0.15) is 10.5 Å². The molecule has 0 aliphatic heterocycles. The molecule has 8 heteroatoms. The monoisotopic (exact) mass is 300 g/mol. The molecule has 106 valence electrons. The van der Waals surface area contributed by atoms with Gasteiger partial charge in [0, 0.05) is 12.3 Å². The van der Waals surface area contributed by atoms with Gasteiger partial charge in [-0.25, -0.2) is 9.97 Å². The Hall–Kier alpha value is -2.48. The lowest BCUT2D eigenvalue weighted by molar-refractivity contribution is 0.0951. The summed E-state index contributed by atoms with van der Waals surface area (Å²) in [6.07, 6.45) is 2.94. The van der Waals surface area contributed by atoms with Gasteiger partial charge >= 0.3 is 0 Å². The van der Waals surface area contributed by atoms with E-state index in [0.29, 0.717) is 23.5 Å². The van der Waals surface area contributed by atoms with Crippen molar-refractivity contribution in [2.24, 2.45) is 0 Å². The van der Waals surface area contributed by atoms with Gasteiger partial charge in [0.1, 0.15) is 12.0 Å². The van der Waals surface area contributed by atoms with Crippen molar-refractivity contribution in [3.8, 4) is 0 Å². The van der Waals surface area contributed by atoms with Crippen LogP contribution < -0.4 is 5.32 Å². The molecule has 0 fully saturated rings. The molecule has 3 rings (SSSR count). The second-order valence-electron chi connectivity index (χ2n) is 4.14. The number of para-hydroxylation sites is 2. The Morgan fingerprint density at radius 2 is 2.10 bits per heavy atom. The summed E-state index contributed by atoms with van der Waals surface area (Å²) < 4.78 is 0. The average molecular weight is 300 g/mol. The van der Waals surface area contributed by atoms with Crippen molar-refractivity contribution in [3.63, 3.8) is 0 Å². The van der Waals surface area contributed by atoms with Crippen LogP contribution in [0.2, 0.25) is 0 Å². The summed E-state index contributed by atoms with van der Waals surface area (Å²) in [5.74, 6) is 0.466. The van der Waals surface area contributed by atoms with E-state index < -0.39 is 0 Å². The maximum Gasteiger partial charge on any atom is 0.271 e. The summed E-state index contributed by atoms with van der Waals surface area (Å²) in [7, 11) is 0. The minimum absolute atomic E-state index is 0.230. The fourth-order valence-electron chi connectivity index (χ4n) is 1.73. The van der Waals surface area contributed by atoms with Crippen LogP contribution in [-0.4, -0.2) is 43.4 Å². The SMILES string of the molecule is O=C(NCCSc1ncn[nH]1)c1cnc2ccccc2n1. The van der Waals surface area contributed by atoms with Crippen molar-refractivity contribution in [1.82, 2.24) is 30.5 Å². The van der Waals surface area contributed by atoms with Gasteiger partial charge in [0.25, 0.3) is 5.91 Å². The van der Waals surface area contributed by atoms with Crippen molar-refractivity contribution in [2.75, 3.05) is 12.3 Å². The Balaban J connectivity index is 1.56. The highest BCUT2D eigenvalue weighted by atomic mass is 32.2. The minimum Gasteiger partial charge on any atom is -0.350 e. The lowest BCUT2D eigenvalue weighted by Gasteiger charge is -2.04. The third-order valence-corrected chi connectivity index (χ3v) is 3.58. The standard InChI is InChI=1S/C13H12N6OS/c20-12(14-5-6-21-13-16-8-17-19-13)11-7-15-9-3-1-2-4-10(9)18-11/h1-4,7-8H,5-6H2,(H,14,20)(H,16,17,19). The normalized spacial score (nSPS) is 10.7. The first kappa shape index (κ1) is 13.5. The quantitative estimate of drug-likeness (QED) is 0.544. The summed E-state index contributed by atoms with van der Waals surface area (Å²) in [4.78, 5) is 24.5. The number of hydrogen-bond acceptors (Lipinski definition) is 6. The second kappa shape index (κ2) is 6.31. The minimum atomic E-state index is -0.230. The zero-order chi connectivity index (χ0) is 14.5. The van der Waals surface area contributed by atoms with Crippen molar-refractivity contribution < 1.29 is 4.79 Å². The number of fused-ring (bicyclic) bond motifs is 1. The first-order valence-electron chi connectivity index (χ1n) is 6.31. The molecular weight excluding hydrogens is 288 g/mol. The highest BCUT2D eigenvalue weighted by Gasteiger charge is 2.08. The van der Waals surface area contributed by atoms with Crippen LogP contribution in [0.25, 0.3) is 11.0 Å². The number of benzene rings is 1. The molecular formula is C13H12N6OS. The fraction of sp³-hybridized carbons (Fsp3) is 0.154. The predicted molar refractivity (Wildman–Crippen MR) is 79.0 cm³/mol. The maximum atomic E-state index is 12.0. The van der Waals surface area contributed by atoms with Crippen LogP contribution in [0.5, 0.6) is 0 Å².